The highest BCUT2D eigenvalue weighted by Crippen LogP contribution is 2.04. The number of pyridine rings is 1. The summed E-state index contributed by atoms with van der Waals surface area (Å²) in [6.45, 7) is 0. The minimum absolute atomic E-state index is 0.384. The highest BCUT2D eigenvalue weighted by molar-refractivity contribution is 14.1. The maximum Gasteiger partial charge on any atom is 0.349 e. The van der Waals surface area contributed by atoms with Gasteiger partial charge in [-0.25, -0.2) is 9.78 Å². The smallest absolute Gasteiger partial charge is 0.349 e. The van der Waals surface area contributed by atoms with E-state index in [4.69, 9.17) is 5.73 Å². The summed E-state index contributed by atoms with van der Waals surface area (Å²) in [5.74, 6) is -0.0342. The van der Waals surface area contributed by atoms with E-state index in [1.54, 1.807) is 12.1 Å². The zero-order valence-corrected chi connectivity index (χ0v) is 7.61. The first-order valence-electron chi connectivity index (χ1n) is 2.78. The lowest BCUT2D eigenvalue weighted by Crippen LogP contribution is -1.99. The molecule has 0 amide bonds. The van der Waals surface area contributed by atoms with Gasteiger partial charge in [0.1, 0.15) is 5.82 Å². The Morgan fingerprint density at radius 3 is 2.82 bits per heavy atom. The molecule has 1 heterocycles. The molecule has 0 aliphatic heterocycles. The van der Waals surface area contributed by atoms with E-state index in [0.29, 0.717) is 11.4 Å². The largest absolute Gasteiger partial charge is 0.391 e. The highest BCUT2D eigenvalue weighted by Gasteiger charge is 2.04. The molecular formula is C6H5IN2O2. The number of aromatic nitrogens is 1. The maximum atomic E-state index is 10.8. The molecule has 0 spiro atoms. The molecule has 5 heteroatoms. The molecule has 0 aromatic carbocycles. The van der Waals surface area contributed by atoms with E-state index < -0.39 is 5.97 Å². The van der Waals surface area contributed by atoms with E-state index in [9.17, 15) is 4.79 Å². The van der Waals surface area contributed by atoms with Crippen molar-refractivity contribution in [3.63, 3.8) is 0 Å². The van der Waals surface area contributed by atoms with E-state index in [1.165, 1.54) is 29.2 Å². The van der Waals surface area contributed by atoms with Crippen molar-refractivity contribution in [1.29, 1.82) is 0 Å². The number of hydrogen-bond donors (Lipinski definition) is 1. The Labute approximate surface area is 77.4 Å². The molecule has 4 nitrogen and oxygen atoms in total. The third-order valence-corrected chi connectivity index (χ3v) is 1.49. The number of nitrogens with two attached hydrogens (primary N) is 1. The standard InChI is InChI=1S/C6H5IN2O2/c7-11-6(10)4-1-2-5(8)9-3-4/h1-3H,(H2,8,9). The molecule has 0 bridgehead atoms. The molecule has 1 rings (SSSR count). The van der Waals surface area contributed by atoms with Gasteiger partial charge in [0.05, 0.1) is 5.56 Å². The molecule has 0 atom stereocenters. The summed E-state index contributed by atoms with van der Waals surface area (Å²) in [5.41, 5.74) is 5.70. The van der Waals surface area contributed by atoms with Crippen LogP contribution in [0.3, 0.4) is 0 Å². The van der Waals surface area contributed by atoms with Gasteiger partial charge in [0.2, 0.25) is 0 Å². The van der Waals surface area contributed by atoms with Gasteiger partial charge in [0.15, 0.2) is 23.0 Å². The minimum atomic E-state index is -0.418. The van der Waals surface area contributed by atoms with Crippen molar-refractivity contribution in [3.8, 4) is 0 Å². The Hall–Kier alpha value is -0.850. The Bertz CT molecular complexity index is 260. The number of carbonyl (C=O) groups excluding carboxylic acids is 1. The molecule has 1 aromatic heterocycles. The predicted octanol–water partition coefficient (Wildman–Crippen LogP) is 1.17. The second-order valence-corrected chi connectivity index (χ2v) is 2.28. The van der Waals surface area contributed by atoms with Gasteiger partial charge in [-0.05, 0) is 12.1 Å². The third-order valence-electron chi connectivity index (χ3n) is 1.09. The first-order valence-corrected chi connectivity index (χ1v) is 3.66. The third kappa shape index (κ3) is 2.04. The predicted molar refractivity (Wildman–Crippen MR) is 48.1 cm³/mol. The number of hydrogen-bond acceptors (Lipinski definition) is 4. The van der Waals surface area contributed by atoms with Crippen LogP contribution >= 0.6 is 23.0 Å². The van der Waals surface area contributed by atoms with Crippen LogP contribution in [-0.2, 0) is 3.07 Å². The van der Waals surface area contributed by atoms with E-state index in [1.807, 2.05) is 0 Å². The molecule has 11 heavy (non-hydrogen) atoms. The number of rotatable bonds is 1. The van der Waals surface area contributed by atoms with Crippen LogP contribution in [0.1, 0.15) is 10.4 Å². The maximum absolute atomic E-state index is 10.8. The number of nitrogen functional groups attached to an aromatic ring is 1. The summed E-state index contributed by atoms with van der Waals surface area (Å²) >= 11 is 1.52. The Kier molecular flexibility index (Phi) is 2.64. The number of halogens is 1. The van der Waals surface area contributed by atoms with Gasteiger partial charge >= 0.3 is 5.97 Å². The normalized spacial score (nSPS) is 9.18. The highest BCUT2D eigenvalue weighted by atomic mass is 127. The lowest BCUT2D eigenvalue weighted by molar-refractivity contribution is 0.0800. The fourth-order valence-corrected chi connectivity index (χ4v) is 0.825. The summed E-state index contributed by atoms with van der Waals surface area (Å²) < 4.78 is 4.43. The average molecular weight is 264 g/mol. The molecule has 0 aliphatic rings. The van der Waals surface area contributed by atoms with Crippen LogP contribution in [-0.4, -0.2) is 11.0 Å². The monoisotopic (exact) mass is 264 g/mol. The van der Waals surface area contributed by atoms with Crippen LogP contribution < -0.4 is 5.73 Å². The van der Waals surface area contributed by atoms with Crippen molar-refractivity contribution in [3.05, 3.63) is 23.9 Å². The first-order chi connectivity index (χ1) is 5.24. The van der Waals surface area contributed by atoms with Gasteiger partial charge in [-0.1, -0.05) is 0 Å². The van der Waals surface area contributed by atoms with E-state index in [0.717, 1.165) is 0 Å². The molecule has 2 N–H and O–H groups in total. The van der Waals surface area contributed by atoms with Crippen LogP contribution in [0.15, 0.2) is 18.3 Å². The molecule has 0 fully saturated rings. The van der Waals surface area contributed by atoms with Crippen molar-refractivity contribution in [2.24, 2.45) is 0 Å². The molecular weight excluding hydrogens is 259 g/mol. The molecule has 0 aliphatic carbocycles. The summed E-state index contributed by atoms with van der Waals surface area (Å²) in [6, 6.07) is 3.10. The Morgan fingerprint density at radius 1 is 1.64 bits per heavy atom. The topological polar surface area (TPSA) is 65.2 Å². The van der Waals surface area contributed by atoms with E-state index >= 15 is 0 Å². The first kappa shape index (κ1) is 8.25. The van der Waals surface area contributed by atoms with Gasteiger partial charge in [-0.3, -0.25) is 0 Å². The zero-order valence-electron chi connectivity index (χ0n) is 5.45. The number of carbonyl (C=O) groups is 1. The van der Waals surface area contributed by atoms with Crippen LogP contribution in [0.2, 0.25) is 0 Å². The van der Waals surface area contributed by atoms with Gasteiger partial charge in [0, 0.05) is 6.20 Å². The minimum Gasteiger partial charge on any atom is -0.391 e. The van der Waals surface area contributed by atoms with Crippen molar-refractivity contribution < 1.29 is 7.86 Å². The van der Waals surface area contributed by atoms with Crippen LogP contribution in [0.4, 0.5) is 5.82 Å². The van der Waals surface area contributed by atoms with Crippen LogP contribution in [0.25, 0.3) is 0 Å². The quantitative estimate of drug-likeness (QED) is 0.773. The van der Waals surface area contributed by atoms with E-state index in [2.05, 4.69) is 8.05 Å². The average Bonchev–Trinajstić information content (AvgIpc) is 2.05. The lowest BCUT2D eigenvalue weighted by Gasteiger charge is -1.95. The number of nitrogens with zero attached hydrogens (tertiary/aromatic N) is 1. The van der Waals surface area contributed by atoms with Gasteiger partial charge < -0.3 is 8.80 Å². The number of anilines is 1. The summed E-state index contributed by atoms with van der Waals surface area (Å²) in [4.78, 5) is 14.5. The molecule has 0 radical (unpaired) electrons. The van der Waals surface area contributed by atoms with Gasteiger partial charge in [-0.2, -0.15) is 0 Å². The van der Waals surface area contributed by atoms with E-state index in [-0.39, 0.29) is 0 Å². The van der Waals surface area contributed by atoms with Crippen molar-refractivity contribution in [2.75, 3.05) is 5.73 Å². The molecule has 0 saturated carbocycles. The molecule has 58 valence electrons. The summed E-state index contributed by atoms with van der Waals surface area (Å²) in [5, 5.41) is 0. The Balaban J connectivity index is 2.90. The molecule has 1 aromatic rings. The fourth-order valence-electron chi connectivity index (χ4n) is 0.571. The second kappa shape index (κ2) is 3.51. The lowest BCUT2D eigenvalue weighted by atomic mass is 10.3. The SMILES string of the molecule is Nc1ccc(C(=O)OI)cn1. The summed E-state index contributed by atoms with van der Waals surface area (Å²) in [7, 11) is 0. The van der Waals surface area contributed by atoms with Crippen molar-refractivity contribution in [1.82, 2.24) is 4.98 Å². The van der Waals surface area contributed by atoms with Gasteiger partial charge in [0.25, 0.3) is 0 Å². The van der Waals surface area contributed by atoms with Crippen molar-refractivity contribution >= 4 is 34.8 Å². The molecule has 0 unspecified atom stereocenters. The van der Waals surface area contributed by atoms with Crippen LogP contribution in [0, 0.1) is 0 Å². The molecule has 0 saturated heterocycles. The Morgan fingerprint density at radius 2 is 2.36 bits per heavy atom. The summed E-state index contributed by atoms with van der Waals surface area (Å²) in [6.07, 6.45) is 1.37. The van der Waals surface area contributed by atoms with Crippen LogP contribution in [0.5, 0.6) is 0 Å². The van der Waals surface area contributed by atoms with Crippen molar-refractivity contribution in [2.45, 2.75) is 0 Å². The van der Waals surface area contributed by atoms with Gasteiger partial charge in [-0.15, -0.1) is 0 Å². The zero-order chi connectivity index (χ0) is 8.27. The second-order valence-electron chi connectivity index (χ2n) is 1.84. The fraction of sp³-hybridized carbons (Fsp3) is 0.